The van der Waals surface area contributed by atoms with Gasteiger partial charge in [0, 0.05) is 16.3 Å². The fourth-order valence-electron chi connectivity index (χ4n) is 3.71. The molecule has 1 N–H and O–H groups in total. The molecule has 1 unspecified atom stereocenters. The van der Waals surface area contributed by atoms with Crippen molar-refractivity contribution in [2.45, 2.75) is 46.1 Å². The third-order valence-corrected chi connectivity index (χ3v) is 6.26. The van der Waals surface area contributed by atoms with Gasteiger partial charge >= 0.3 is 0 Å². The summed E-state index contributed by atoms with van der Waals surface area (Å²) in [5.74, 6) is -0.146. The van der Waals surface area contributed by atoms with Crippen molar-refractivity contribution < 1.29 is 13.9 Å². The van der Waals surface area contributed by atoms with Crippen LogP contribution in [-0.4, -0.2) is 12.0 Å². The number of fused-ring (bicyclic) bond motifs is 1. The molecule has 4 rings (SSSR count). The molecule has 0 saturated carbocycles. The lowest BCUT2D eigenvalue weighted by atomic mass is 9.86. The second kappa shape index (κ2) is 9.59. The van der Waals surface area contributed by atoms with E-state index in [2.05, 4.69) is 26.1 Å². The van der Waals surface area contributed by atoms with Crippen LogP contribution in [0.2, 0.25) is 5.02 Å². The molecule has 0 bridgehead atoms. The Hall–Kier alpha value is -3.57. The van der Waals surface area contributed by atoms with Crippen LogP contribution in [0.5, 0.6) is 5.75 Å². The van der Waals surface area contributed by atoms with Gasteiger partial charge in [0.15, 0.2) is 11.9 Å². The van der Waals surface area contributed by atoms with E-state index in [1.807, 2.05) is 49.4 Å². The summed E-state index contributed by atoms with van der Waals surface area (Å²) in [7, 11) is 0. The van der Waals surface area contributed by atoms with Crippen molar-refractivity contribution in [1.82, 2.24) is 0 Å². The van der Waals surface area contributed by atoms with Crippen LogP contribution in [0.15, 0.2) is 75.9 Å². The third kappa shape index (κ3) is 5.25. The highest BCUT2D eigenvalue weighted by Crippen LogP contribution is 2.34. The molecule has 0 aliphatic rings. The molecule has 0 saturated heterocycles. The number of nitrogens with one attached hydrogen (secondary N) is 1. The van der Waals surface area contributed by atoms with Crippen molar-refractivity contribution in [3.63, 3.8) is 0 Å². The Balaban J connectivity index is 1.79. The number of carbonyl (C=O) groups is 1. The highest BCUT2D eigenvalue weighted by molar-refractivity contribution is 6.32. The molecule has 0 radical (unpaired) electrons. The molecule has 35 heavy (non-hydrogen) atoms. The van der Waals surface area contributed by atoms with Gasteiger partial charge < -0.3 is 14.5 Å². The highest BCUT2D eigenvalue weighted by atomic mass is 35.5. The van der Waals surface area contributed by atoms with Crippen molar-refractivity contribution in [2.24, 2.45) is 0 Å². The zero-order chi connectivity index (χ0) is 25.3. The average molecular weight is 490 g/mol. The van der Waals surface area contributed by atoms with E-state index in [1.54, 1.807) is 31.2 Å². The van der Waals surface area contributed by atoms with Gasteiger partial charge in [0.05, 0.1) is 5.39 Å². The van der Waals surface area contributed by atoms with Crippen molar-refractivity contribution in [2.75, 3.05) is 5.32 Å². The van der Waals surface area contributed by atoms with Gasteiger partial charge in [-0.2, -0.15) is 0 Å². The van der Waals surface area contributed by atoms with Crippen molar-refractivity contribution in [3.8, 4) is 17.1 Å². The SMILES string of the molecule is Cc1cc2oc(-c3ccc(C(C)(C)C)cc3)c(OC(C)C(=O)Nc3ccccc3)c(=O)c2cc1Cl. The van der Waals surface area contributed by atoms with Gasteiger partial charge in [0.1, 0.15) is 5.58 Å². The maximum Gasteiger partial charge on any atom is 0.265 e. The van der Waals surface area contributed by atoms with E-state index in [-0.39, 0.29) is 28.3 Å². The number of aryl methyl sites for hydroxylation is 1. The van der Waals surface area contributed by atoms with Crippen molar-refractivity contribution in [3.05, 3.63) is 93.1 Å². The first-order valence-corrected chi connectivity index (χ1v) is 11.8. The number of anilines is 1. The van der Waals surface area contributed by atoms with Gasteiger partial charge in [-0.25, -0.2) is 0 Å². The number of benzene rings is 3. The quantitative estimate of drug-likeness (QED) is 0.324. The number of ether oxygens (including phenoxy) is 1. The summed E-state index contributed by atoms with van der Waals surface area (Å²) < 4.78 is 12.2. The largest absolute Gasteiger partial charge is 0.473 e. The molecule has 6 heteroatoms. The molecule has 3 aromatic carbocycles. The molecule has 0 aliphatic heterocycles. The van der Waals surface area contributed by atoms with Crippen molar-refractivity contribution >= 4 is 34.2 Å². The minimum Gasteiger partial charge on any atom is -0.473 e. The molecule has 180 valence electrons. The predicted octanol–water partition coefficient (Wildman–Crippen LogP) is 7.13. The molecule has 1 heterocycles. The van der Waals surface area contributed by atoms with Gasteiger partial charge in [0.25, 0.3) is 5.91 Å². The lowest BCUT2D eigenvalue weighted by molar-refractivity contribution is -0.122. The van der Waals surface area contributed by atoms with Crippen LogP contribution >= 0.6 is 11.6 Å². The number of carbonyl (C=O) groups excluding carboxylic acids is 1. The van der Waals surface area contributed by atoms with Gasteiger partial charge in [-0.15, -0.1) is 0 Å². The van der Waals surface area contributed by atoms with Crippen molar-refractivity contribution in [1.29, 1.82) is 0 Å². The number of halogens is 1. The fraction of sp³-hybridized carbons (Fsp3) is 0.241. The highest BCUT2D eigenvalue weighted by Gasteiger charge is 2.24. The number of para-hydroxylation sites is 1. The number of hydrogen-bond acceptors (Lipinski definition) is 4. The van der Waals surface area contributed by atoms with E-state index in [4.69, 9.17) is 20.8 Å². The lowest BCUT2D eigenvalue weighted by Gasteiger charge is -2.20. The molecule has 0 spiro atoms. The topological polar surface area (TPSA) is 68.5 Å². The Morgan fingerprint density at radius 3 is 2.31 bits per heavy atom. The first-order valence-electron chi connectivity index (χ1n) is 11.4. The molecule has 0 fully saturated rings. The van der Waals surface area contributed by atoms with Crippen LogP contribution in [0.1, 0.15) is 38.8 Å². The van der Waals surface area contributed by atoms with Crippen LogP contribution in [0.3, 0.4) is 0 Å². The average Bonchev–Trinajstić information content (AvgIpc) is 2.82. The summed E-state index contributed by atoms with van der Waals surface area (Å²) in [6, 6.07) is 20.2. The monoisotopic (exact) mass is 489 g/mol. The van der Waals surface area contributed by atoms with Crippen LogP contribution < -0.4 is 15.5 Å². The summed E-state index contributed by atoms with van der Waals surface area (Å²) in [4.78, 5) is 26.4. The van der Waals surface area contributed by atoms with Crippen LogP contribution in [0.25, 0.3) is 22.3 Å². The van der Waals surface area contributed by atoms with E-state index >= 15 is 0 Å². The van der Waals surface area contributed by atoms with E-state index in [1.165, 1.54) is 0 Å². The van der Waals surface area contributed by atoms with Gasteiger partial charge in [-0.05, 0) is 54.7 Å². The Morgan fingerprint density at radius 1 is 1.03 bits per heavy atom. The normalized spacial score (nSPS) is 12.4. The first kappa shape index (κ1) is 24.6. The molecular formula is C29H28ClNO4. The maximum absolute atomic E-state index is 13.6. The summed E-state index contributed by atoms with van der Waals surface area (Å²) in [6.45, 7) is 9.83. The minimum atomic E-state index is -0.955. The Labute approximate surface area is 209 Å². The first-order chi connectivity index (χ1) is 16.5. The summed E-state index contributed by atoms with van der Waals surface area (Å²) >= 11 is 6.29. The van der Waals surface area contributed by atoms with Crippen LogP contribution in [0.4, 0.5) is 5.69 Å². The van der Waals surface area contributed by atoms with E-state index < -0.39 is 6.10 Å². The summed E-state index contributed by atoms with van der Waals surface area (Å²) in [5.41, 5.74) is 3.24. The zero-order valence-electron chi connectivity index (χ0n) is 20.4. The standard InChI is InChI=1S/C29H28ClNO4/c1-17-15-24-22(16-23(17)30)25(32)27(34-18(2)28(33)31-21-9-7-6-8-10-21)26(35-24)19-11-13-20(14-12-19)29(3,4)5/h6-16,18H,1-5H3,(H,31,33). The zero-order valence-corrected chi connectivity index (χ0v) is 21.2. The second-order valence-electron chi connectivity index (χ2n) is 9.63. The van der Waals surface area contributed by atoms with E-state index in [0.717, 1.165) is 11.1 Å². The molecule has 1 aromatic heterocycles. The van der Waals surface area contributed by atoms with E-state index in [0.29, 0.717) is 27.2 Å². The Bertz CT molecular complexity index is 1430. The molecule has 1 amide bonds. The Kier molecular flexibility index (Phi) is 6.73. The van der Waals surface area contributed by atoms with Gasteiger partial charge in [-0.1, -0.05) is 74.8 Å². The van der Waals surface area contributed by atoms with E-state index in [9.17, 15) is 9.59 Å². The number of amides is 1. The lowest BCUT2D eigenvalue weighted by Crippen LogP contribution is -2.31. The maximum atomic E-state index is 13.6. The number of hydrogen-bond donors (Lipinski definition) is 1. The molecule has 5 nitrogen and oxygen atoms in total. The third-order valence-electron chi connectivity index (χ3n) is 5.85. The minimum absolute atomic E-state index is 0.0278. The fourth-order valence-corrected chi connectivity index (χ4v) is 3.88. The van der Waals surface area contributed by atoms with Gasteiger partial charge in [-0.3, -0.25) is 9.59 Å². The molecule has 4 aromatic rings. The molecular weight excluding hydrogens is 462 g/mol. The summed E-state index contributed by atoms with van der Waals surface area (Å²) in [5, 5.41) is 3.55. The summed E-state index contributed by atoms with van der Waals surface area (Å²) in [6.07, 6.45) is -0.955. The predicted molar refractivity (Wildman–Crippen MR) is 142 cm³/mol. The molecule has 0 aliphatic carbocycles. The van der Waals surface area contributed by atoms with Crippen LogP contribution in [0, 0.1) is 6.92 Å². The Morgan fingerprint density at radius 2 is 1.69 bits per heavy atom. The smallest absolute Gasteiger partial charge is 0.265 e. The van der Waals surface area contributed by atoms with Crippen LogP contribution in [-0.2, 0) is 10.2 Å². The van der Waals surface area contributed by atoms with Gasteiger partial charge in [0.2, 0.25) is 11.2 Å². The number of rotatable bonds is 5. The molecule has 1 atom stereocenters. The second-order valence-corrected chi connectivity index (χ2v) is 10.0.